The van der Waals surface area contributed by atoms with E-state index in [9.17, 15) is 15.0 Å². The van der Waals surface area contributed by atoms with Crippen LogP contribution in [0.1, 0.15) is 5.56 Å². The topological polar surface area (TPSA) is 107 Å². The van der Waals surface area contributed by atoms with Crippen LogP contribution in [0, 0.1) is 0 Å². The van der Waals surface area contributed by atoms with Crippen LogP contribution in [0.5, 0.6) is 11.5 Å². The van der Waals surface area contributed by atoms with Gasteiger partial charge in [-0.2, -0.15) is 0 Å². The maximum absolute atomic E-state index is 11.4. The maximum Gasteiger partial charge on any atom is 0.336 e. The standard InChI is InChI=1S/C19H25NO7S/c1-3-19(18(22)23)13-28-17(20-19)15-5-4-14(12-16(15)21)27-11-10-26-9-8-25-7-6-24-2/h3-5,12,21H,1,6-11,13H2,2H3,(H,22,23)/t19-/m1/s1. The van der Waals surface area contributed by atoms with Crippen molar-refractivity contribution in [2.24, 2.45) is 4.99 Å². The molecule has 1 atom stereocenters. The van der Waals surface area contributed by atoms with Gasteiger partial charge in [-0.05, 0) is 12.1 Å². The third kappa shape index (κ3) is 5.96. The molecular weight excluding hydrogens is 386 g/mol. The summed E-state index contributed by atoms with van der Waals surface area (Å²) in [5.74, 6) is -0.362. The van der Waals surface area contributed by atoms with Crippen molar-refractivity contribution in [1.29, 1.82) is 0 Å². The summed E-state index contributed by atoms with van der Waals surface area (Å²) in [5.41, 5.74) is -0.890. The minimum atomic E-state index is -1.35. The van der Waals surface area contributed by atoms with Crippen LogP contribution in [0.3, 0.4) is 0 Å². The number of phenolic OH excluding ortho intramolecular Hbond substituents is 1. The van der Waals surface area contributed by atoms with Gasteiger partial charge in [0.1, 0.15) is 23.1 Å². The van der Waals surface area contributed by atoms with Crippen LogP contribution in [-0.4, -0.2) is 79.3 Å². The Morgan fingerprint density at radius 2 is 1.93 bits per heavy atom. The maximum atomic E-state index is 11.4. The minimum Gasteiger partial charge on any atom is -0.507 e. The lowest BCUT2D eigenvalue weighted by molar-refractivity contribution is -0.140. The number of thioether (sulfide) groups is 1. The largest absolute Gasteiger partial charge is 0.507 e. The van der Waals surface area contributed by atoms with E-state index in [-0.39, 0.29) is 11.5 Å². The first kappa shape index (κ1) is 22.2. The van der Waals surface area contributed by atoms with E-state index in [1.807, 2.05) is 0 Å². The van der Waals surface area contributed by atoms with Crippen molar-refractivity contribution in [1.82, 2.24) is 0 Å². The van der Waals surface area contributed by atoms with Crippen LogP contribution in [0.25, 0.3) is 0 Å². The zero-order valence-electron chi connectivity index (χ0n) is 15.8. The Bertz CT molecular complexity index is 710. The lowest BCUT2D eigenvalue weighted by Gasteiger charge is -2.13. The molecule has 154 valence electrons. The van der Waals surface area contributed by atoms with E-state index >= 15 is 0 Å². The van der Waals surface area contributed by atoms with Gasteiger partial charge < -0.3 is 29.2 Å². The van der Waals surface area contributed by atoms with Gasteiger partial charge in [0.05, 0.1) is 33.0 Å². The zero-order chi connectivity index (χ0) is 20.4. The van der Waals surface area contributed by atoms with Crippen LogP contribution in [0.4, 0.5) is 0 Å². The number of nitrogens with zero attached hydrogens (tertiary/aromatic N) is 1. The fraction of sp³-hybridized carbons (Fsp3) is 0.474. The number of aliphatic carboxylic acids is 1. The summed E-state index contributed by atoms with van der Waals surface area (Å²) in [6, 6.07) is 4.82. The molecule has 1 aliphatic rings. The number of carboxylic acids is 1. The van der Waals surface area contributed by atoms with Crippen molar-refractivity contribution in [3.8, 4) is 11.5 Å². The van der Waals surface area contributed by atoms with Crippen molar-refractivity contribution in [2.45, 2.75) is 5.54 Å². The van der Waals surface area contributed by atoms with E-state index < -0.39 is 11.5 Å². The molecule has 1 aliphatic heterocycles. The molecule has 2 rings (SSSR count). The molecule has 0 amide bonds. The summed E-state index contributed by atoms with van der Waals surface area (Å²) >= 11 is 1.27. The quantitative estimate of drug-likeness (QED) is 0.375. The summed E-state index contributed by atoms with van der Waals surface area (Å²) in [4.78, 5) is 15.7. The fourth-order valence-electron chi connectivity index (χ4n) is 2.33. The Labute approximate surface area is 168 Å². The van der Waals surface area contributed by atoms with E-state index in [2.05, 4.69) is 11.6 Å². The first-order valence-electron chi connectivity index (χ1n) is 8.72. The third-order valence-electron chi connectivity index (χ3n) is 3.94. The second-order valence-electron chi connectivity index (χ2n) is 5.88. The second kappa shape index (κ2) is 11.1. The molecule has 28 heavy (non-hydrogen) atoms. The highest BCUT2D eigenvalue weighted by molar-refractivity contribution is 8.14. The molecule has 0 saturated heterocycles. The molecule has 0 spiro atoms. The number of rotatable bonds is 13. The molecule has 0 aliphatic carbocycles. The van der Waals surface area contributed by atoms with Gasteiger partial charge in [0.15, 0.2) is 5.54 Å². The zero-order valence-corrected chi connectivity index (χ0v) is 16.6. The lowest BCUT2D eigenvalue weighted by Crippen LogP contribution is -2.34. The average molecular weight is 411 g/mol. The molecule has 8 nitrogen and oxygen atoms in total. The number of phenols is 1. The highest BCUT2D eigenvalue weighted by atomic mass is 32.2. The predicted octanol–water partition coefficient (Wildman–Crippen LogP) is 1.95. The minimum absolute atomic E-state index is 0.0264. The summed E-state index contributed by atoms with van der Waals surface area (Å²) in [6.07, 6.45) is 1.31. The molecule has 1 aromatic rings. The molecule has 0 aromatic heterocycles. The van der Waals surface area contributed by atoms with Crippen molar-refractivity contribution in [3.05, 3.63) is 36.4 Å². The van der Waals surface area contributed by atoms with Gasteiger partial charge in [0.25, 0.3) is 0 Å². The molecule has 0 fully saturated rings. The van der Waals surface area contributed by atoms with E-state index in [0.29, 0.717) is 56.0 Å². The lowest BCUT2D eigenvalue weighted by atomic mass is 10.0. The van der Waals surface area contributed by atoms with E-state index in [1.54, 1.807) is 19.2 Å². The molecule has 0 bridgehead atoms. The predicted molar refractivity (Wildman–Crippen MR) is 107 cm³/mol. The van der Waals surface area contributed by atoms with Crippen molar-refractivity contribution < 1.29 is 34.0 Å². The molecule has 9 heteroatoms. The second-order valence-corrected chi connectivity index (χ2v) is 6.85. The number of hydrogen-bond acceptors (Lipinski definition) is 8. The van der Waals surface area contributed by atoms with Gasteiger partial charge in [-0.1, -0.05) is 6.08 Å². The number of aliphatic imine (C=N–C) groups is 1. The number of hydrogen-bond donors (Lipinski definition) is 2. The monoisotopic (exact) mass is 411 g/mol. The van der Waals surface area contributed by atoms with Crippen molar-refractivity contribution in [3.63, 3.8) is 0 Å². The number of methoxy groups -OCH3 is 1. The molecule has 0 unspecified atom stereocenters. The Kier molecular flexibility index (Phi) is 8.78. The number of aromatic hydroxyl groups is 1. The van der Waals surface area contributed by atoms with E-state index in [4.69, 9.17) is 18.9 Å². The third-order valence-corrected chi connectivity index (χ3v) is 5.11. The van der Waals surface area contributed by atoms with Gasteiger partial charge in [-0.15, -0.1) is 18.3 Å². The smallest absolute Gasteiger partial charge is 0.336 e. The Balaban J connectivity index is 1.81. The first-order valence-corrected chi connectivity index (χ1v) is 9.71. The Hall–Kier alpha value is -2.07. The number of carbonyl (C=O) groups is 1. The molecule has 2 N–H and O–H groups in total. The van der Waals surface area contributed by atoms with Crippen LogP contribution >= 0.6 is 11.8 Å². The van der Waals surface area contributed by atoms with Gasteiger partial charge in [-0.25, -0.2) is 4.79 Å². The van der Waals surface area contributed by atoms with Crippen LogP contribution < -0.4 is 4.74 Å². The van der Waals surface area contributed by atoms with Gasteiger partial charge in [0.2, 0.25) is 0 Å². The van der Waals surface area contributed by atoms with Gasteiger partial charge in [-0.3, -0.25) is 4.99 Å². The number of benzene rings is 1. The van der Waals surface area contributed by atoms with E-state index in [1.165, 1.54) is 23.9 Å². The number of carboxylic acid groups (broad SMARTS) is 1. The van der Waals surface area contributed by atoms with Crippen LogP contribution in [-0.2, 0) is 19.0 Å². The molecular formula is C19H25NO7S. The summed E-state index contributed by atoms with van der Waals surface area (Å²) in [5, 5.41) is 20.1. The highest BCUT2D eigenvalue weighted by Gasteiger charge is 2.40. The summed E-state index contributed by atoms with van der Waals surface area (Å²) in [6.45, 7) is 6.31. The summed E-state index contributed by atoms with van der Waals surface area (Å²) in [7, 11) is 1.62. The Morgan fingerprint density at radius 1 is 1.25 bits per heavy atom. The summed E-state index contributed by atoms with van der Waals surface area (Å²) < 4.78 is 21.1. The van der Waals surface area contributed by atoms with Crippen LogP contribution in [0.2, 0.25) is 0 Å². The first-order chi connectivity index (χ1) is 13.5. The van der Waals surface area contributed by atoms with Crippen LogP contribution in [0.15, 0.2) is 35.8 Å². The fourth-order valence-corrected chi connectivity index (χ4v) is 3.55. The number of ether oxygens (including phenoxy) is 4. The molecule has 0 saturated carbocycles. The molecule has 1 heterocycles. The SMILES string of the molecule is C=C[C@]1(C(=O)O)CSC(c2ccc(OCCOCCOCCOC)cc2O)=N1. The Morgan fingerprint density at radius 3 is 2.50 bits per heavy atom. The van der Waals surface area contributed by atoms with Gasteiger partial charge in [0, 0.05) is 24.5 Å². The van der Waals surface area contributed by atoms with E-state index in [0.717, 1.165) is 0 Å². The molecule has 0 radical (unpaired) electrons. The normalized spacial score (nSPS) is 18.7. The van der Waals surface area contributed by atoms with Crippen molar-refractivity contribution >= 4 is 22.8 Å². The highest BCUT2D eigenvalue weighted by Crippen LogP contribution is 2.36. The molecule has 1 aromatic carbocycles. The average Bonchev–Trinajstić information content (AvgIpc) is 3.12. The van der Waals surface area contributed by atoms with Crippen molar-refractivity contribution in [2.75, 3.05) is 52.5 Å². The van der Waals surface area contributed by atoms with Gasteiger partial charge >= 0.3 is 5.97 Å².